The third-order valence-corrected chi connectivity index (χ3v) is 5.66. The molecule has 2 aliphatic heterocycles. The summed E-state index contributed by atoms with van der Waals surface area (Å²) in [6, 6.07) is 15.7. The van der Waals surface area contributed by atoms with Crippen LogP contribution < -0.4 is 4.90 Å². The van der Waals surface area contributed by atoms with Gasteiger partial charge in [-0.3, -0.25) is 14.2 Å². The Morgan fingerprint density at radius 1 is 1.04 bits per heavy atom. The highest BCUT2D eigenvalue weighted by atomic mass is 16.2. The summed E-state index contributed by atoms with van der Waals surface area (Å²) in [6.45, 7) is 4.10. The van der Waals surface area contributed by atoms with Crippen LogP contribution in [0.25, 0.3) is 10.9 Å². The maximum absolute atomic E-state index is 13.4. The summed E-state index contributed by atoms with van der Waals surface area (Å²) in [5, 5.41) is 1.04. The number of anilines is 1. The monoisotopic (exact) mass is 330 g/mol. The van der Waals surface area contributed by atoms with E-state index in [0.717, 1.165) is 27.8 Å². The summed E-state index contributed by atoms with van der Waals surface area (Å²) in [5.41, 5.74) is 3.73. The average molecular weight is 330 g/mol. The van der Waals surface area contributed by atoms with Crippen molar-refractivity contribution in [3.63, 3.8) is 0 Å². The van der Waals surface area contributed by atoms with E-state index < -0.39 is 5.54 Å². The molecule has 4 nitrogen and oxygen atoms in total. The topological polar surface area (TPSA) is 42.3 Å². The van der Waals surface area contributed by atoms with Gasteiger partial charge < -0.3 is 4.90 Å². The van der Waals surface area contributed by atoms with E-state index in [1.54, 1.807) is 0 Å². The van der Waals surface area contributed by atoms with Crippen molar-refractivity contribution < 1.29 is 9.59 Å². The van der Waals surface area contributed by atoms with Crippen molar-refractivity contribution in [3.05, 3.63) is 65.4 Å². The van der Waals surface area contributed by atoms with Crippen LogP contribution in [0.2, 0.25) is 0 Å². The first-order valence-electron chi connectivity index (χ1n) is 8.60. The minimum atomic E-state index is -0.508. The highest BCUT2D eigenvalue weighted by Gasteiger charge is 2.49. The fourth-order valence-electron chi connectivity index (χ4n) is 4.39. The summed E-state index contributed by atoms with van der Waals surface area (Å²) in [4.78, 5) is 28.0. The first kappa shape index (κ1) is 14.5. The number of aromatic nitrogens is 1. The van der Waals surface area contributed by atoms with E-state index in [9.17, 15) is 9.59 Å². The zero-order valence-corrected chi connectivity index (χ0v) is 14.2. The molecule has 2 aliphatic rings. The van der Waals surface area contributed by atoms with Gasteiger partial charge >= 0.3 is 0 Å². The molecule has 1 aromatic heterocycles. The minimum Gasteiger partial charge on any atom is -0.300 e. The van der Waals surface area contributed by atoms with Gasteiger partial charge in [0, 0.05) is 11.8 Å². The van der Waals surface area contributed by atoms with Crippen molar-refractivity contribution in [2.75, 3.05) is 4.90 Å². The predicted molar refractivity (Wildman–Crippen MR) is 96.9 cm³/mol. The third-order valence-electron chi connectivity index (χ3n) is 5.66. The van der Waals surface area contributed by atoms with Crippen LogP contribution in [-0.2, 0) is 10.3 Å². The van der Waals surface area contributed by atoms with Crippen LogP contribution in [0, 0.1) is 6.92 Å². The molecule has 0 spiro atoms. The molecule has 3 heterocycles. The maximum atomic E-state index is 13.4. The molecule has 1 unspecified atom stereocenters. The summed E-state index contributed by atoms with van der Waals surface area (Å²) in [7, 11) is 0. The summed E-state index contributed by atoms with van der Waals surface area (Å²) in [6.07, 6.45) is 1.21. The van der Waals surface area contributed by atoms with Crippen LogP contribution in [0.3, 0.4) is 0 Å². The van der Waals surface area contributed by atoms with Crippen molar-refractivity contribution in [1.82, 2.24) is 4.57 Å². The van der Waals surface area contributed by atoms with Crippen molar-refractivity contribution in [2.24, 2.45) is 0 Å². The Kier molecular flexibility index (Phi) is 2.66. The van der Waals surface area contributed by atoms with Crippen LogP contribution in [0.4, 0.5) is 5.69 Å². The first-order valence-corrected chi connectivity index (χ1v) is 8.60. The van der Waals surface area contributed by atoms with Gasteiger partial charge in [-0.2, -0.15) is 0 Å². The van der Waals surface area contributed by atoms with E-state index >= 15 is 0 Å². The number of rotatable bonds is 0. The number of amides is 1. The zero-order chi connectivity index (χ0) is 17.3. The molecule has 3 aromatic rings. The highest BCUT2D eigenvalue weighted by molar-refractivity contribution is 6.12. The van der Waals surface area contributed by atoms with Gasteiger partial charge in [0.05, 0.1) is 28.0 Å². The van der Waals surface area contributed by atoms with E-state index in [0.29, 0.717) is 18.4 Å². The van der Waals surface area contributed by atoms with Crippen LogP contribution in [0.1, 0.15) is 41.4 Å². The average Bonchev–Trinajstić information content (AvgIpc) is 3.10. The van der Waals surface area contributed by atoms with Gasteiger partial charge in [0.1, 0.15) is 0 Å². The van der Waals surface area contributed by atoms with E-state index in [-0.39, 0.29) is 11.8 Å². The Labute approximate surface area is 145 Å². The lowest BCUT2D eigenvalue weighted by molar-refractivity contribution is -0.117. The SMILES string of the molecule is Cc1ccc2cc3n(c2c1)C(=O)c1ccccc1N1C(=O)CCC31C. The van der Waals surface area contributed by atoms with Crippen LogP contribution >= 0.6 is 0 Å². The van der Waals surface area contributed by atoms with Crippen molar-refractivity contribution in [3.8, 4) is 0 Å². The zero-order valence-electron chi connectivity index (χ0n) is 14.2. The first-order chi connectivity index (χ1) is 12.0. The van der Waals surface area contributed by atoms with Crippen LogP contribution in [0.15, 0.2) is 48.5 Å². The molecule has 124 valence electrons. The molecular formula is C21H18N2O2. The molecule has 0 aliphatic carbocycles. The smallest absolute Gasteiger partial charge is 0.264 e. The molecule has 1 saturated heterocycles. The second-order valence-corrected chi connectivity index (χ2v) is 7.25. The van der Waals surface area contributed by atoms with Crippen molar-refractivity contribution in [2.45, 2.75) is 32.2 Å². The Morgan fingerprint density at radius 2 is 1.84 bits per heavy atom. The van der Waals surface area contributed by atoms with Gasteiger partial charge in [-0.15, -0.1) is 0 Å². The van der Waals surface area contributed by atoms with Gasteiger partial charge in [-0.1, -0.05) is 24.3 Å². The third kappa shape index (κ3) is 1.71. The minimum absolute atomic E-state index is 0.0605. The fourth-order valence-corrected chi connectivity index (χ4v) is 4.39. The lowest BCUT2D eigenvalue weighted by Gasteiger charge is -2.34. The lowest BCUT2D eigenvalue weighted by Crippen LogP contribution is -2.41. The largest absolute Gasteiger partial charge is 0.300 e. The number of nitrogens with zero attached hydrogens (tertiary/aromatic N) is 2. The number of hydrogen-bond donors (Lipinski definition) is 0. The Bertz CT molecular complexity index is 1080. The Morgan fingerprint density at radius 3 is 2.68 bits per heavy atom. The molecule has 25 heavy (non-hydrogen) atoms. The summed E-state index contributed by atoms with van der Waals surface area (Å²) < 4.78 is 1.82. The van der Waals surface area contributed by atoms with Gasteiger partial charge in [0.25, 0.3) is 5.91 Å². The number of fused-ring (bicyclic) bond motifs is 7. The molecule has 0 saturated carbocycles. The molecule has 5 rings (SSSR count). The molecule has 1 amide bonds. The standard InChI is InChI=1S/C21H18N2O2/c1-13-7-8-14-12-18-21(2)10-9-19(24)23(21)16-6-4-3-5-15(16)20(25)22(18)17(14)11-13/h3-8,11-12H,9-10H2,1-2H3. The van der Waals surface area contributed by atoms with E-state index in [2.05, 4.69) is 31.2 Å². The van der Waals surface area contributed by atoms with Gasteiger partial charge in [0.15, 0.2) is 0 Å². The van der Waals surface area contributed by atoms with Crippen LogP contribution in [-0.4, -0.2) is 16.4 Å². The van der Waals surface area contributed by atoms with E-state index in [1.807, 2.05) is 40.7 Å². The Balaban J connectivity index is 1.95. The summed E-state index contributed by atoms with van der Waals surface area (Å²) >= 11 is 0. The van der Waals surface area contributed by atoms with Gasteiger partial charge in [-0.05, 0) is 50.1 Å². The van der Waals surface area contributed by atoms with E-state index in [1.165, 1.54) is 0 Å². The number of benzene rings is 2. The number of carbonyl (C=O) groups excluding carboxylic acids is 2. The summed E-state index contributed by atoms with van der Waals surface area (Å²) in [5.74, 6) is 0.0206. The second-order valence-electron chi connectivity index (χ2n) is 7.25. The highest BCUT2D eigenvalue weighted by Crippen LogP contribution is 2.47. The number of aryl methyl sites for hydroxylation is 1. The lowest BCUT2D eigenvalue weighted by atomic mass is 9.94. The fraction of sp³-hybridized carbons (Fsp3) is 0.238. The van der Waals surface area contributed by atoms with Crippen molar-refractivity contribution >= 4 is 28.4 Å². The number of para-hydroxylation sites is 1. The van der Waals surface area contributed by atoms with Crippen LogP contribution in [0.5, 0.6) is 0 Å². The molecule has 2 aromatic carbocycles. The normalized spacial score (nSPS) is 21.9. The van der Waals surface area contributed by atoms with Crippen molar-refractivity contribution in [1.29, 1.82) is 0 Å². The second kappa shape index (κ2) is 4.60. The molecule has 0 bridgehead atoms. The Hall–Kier alpha value is -2.88. The van der Waals surface area contributed by atoms with Gasteiger partial charge in [0.2, 0.25) is 5.91 Å². The van der Waals surface area contributed by atoms with Gasteiger partial charge in [-0.25, -0.2) is 0 Å². The maximum Gasteiger partial charge on any atom is 0.264 e. The van der Waals surface area contributed by atoms with E-state index in [4.69, 9.17) is 0 Å². The number of hydrogen-bond acceptors (Lipinski definition) is 2. The molecule has 0 N–H and O–H groups in total. The molecule has 1 atom stereocenters. The number of carbonyl (C=O) groups is 2. The molecular weight excluding hydrogens is 312 g/mol. The molecule has 1 fully saturated rings. The predicted octanol–water partition coefficient (Wildman–Crippen LogP) is 3.99. The quantitative estimate of drug-likeness (QED) is 0.625. The molecule has 4 heteroatoms. The molecule has 0 radical (unpaired) electrons.